The van der Waals surface area contributed by atoms with Crippen molar-refractivity contribution in [3.05, 3.63) is 57.5 Å². The zero-order valence-electron chi connectivity index (χ0n) is 18.3. The number of nitrogen functional groups attached to an aromatic ring is 1. The number of aromatic nitrogens is 3. The number of nitrogens with zero attached hydrogens (tertiary/aromatic N) is 1. The number of amides is 1. The fourth-order valence-corrected chi connectivity index (χ4v) is 3.17. The first-order chi connectivity index (χ1) is 14.7. The third-order valence-electron chi connectivity index (χ3n) is 4.77. The van der Waals surface area contributed by atoms with Gasteiger partial charge in [-0.15, -0.1) is 0 Å². The minimum Gasteiger partial charge on any atom is -0.550 e. The van der Waals surface area contributed by atoms with Crippen molar-refractivity contribution < 1.29 is 83.7 Å². The van der Waals surface area contributed by atoms with Crippen molar-refractivity contribution in [2.24, 2.45) is 0 Å². The van der Waals surface area contributed by atoms with Crippen molar-refractivity contribution in [2.45, 2.75) is 31.7 Å². The first-order valence-electron chi connectivity index (χ1n) is 9.41. The summed E-state index contributed by atoms with van der Waals surface area (Å²) in [7, 11) is 0. The van der Waals surface area contributed by atoms with E-state index in [2.05, 4.69) is 20.3 Å². The molecule has 0 saturated carbocycles. The molecule has 0 fully saturated rings. The molecular formula is C20H19N5Na2O6. The van der Waals surface area contributed by atoms with Crippen LogP contribution in [0.1, 0.15) is 34.3 Å². The van der Waals surface area contributed by atoms with E-state index in [4.69, 9.17) is 5.73 Å². The second-order valence-electron chi connectivity index (χ2n) is 6.94. The molecule has 0 unspecified atom stereocenters. The van der Waals surface area contributed by atoms with Crippen molar-refractivity contribution in [3.8, 4) is 0 Å². The molecule has 0 bridgehead atoms. The van der Waals surface area contributed by atoms with E-state index in [1.807, 2.05) is 0 Å². The third kappa shape index (κ3) is 7.70. The van der Waals surface area contributed by atoms with Crippen LogP contribution < -0.4 is 85.9 Å². The van der Waals surface area contributed by atoms with Gasteiger partial charge in [-0.25, -0.2) is 0 Å². The fourth-order valence-electron chi connectivity index (χ4n) is 3.17. The number of aryl methyl sites for hydroxylation is 2. The molecule has 0 aliphatic carbocycles. The molecule has 1 atom stereocenters. The molecule has 2 heterocycles. The summed E-state index contributed by atoms with van der Waals surface area (Å²) in [6.07, 6.45) is 1.96. The van der Waals surface area contributed by atoms with Crippen molar-refractivity contribution >= 4 is 34.8 Å². The summed E-state index contributed by atoms with van der Waals surface area (Å²) in [6.45, 7) is 0. The van der Waals surface area contributed by atoms with E-state index in [1.165, 1.54) is 12.1 Å². The summed E-state index contributed by atoms with van der Waals surface area (Å²) in [5.74, 6) is -3.62. The molecule has 0 aliphatic heterocycles. The fraction of sp³-hybridized carbons (Fsp3) is 0.250. The number of carbonyl (C=O) groups excluding carboxylic acids is 3. The summed E-state index contributed by atoms with van der Waals surface area (Å²) in [4.78, 5) is 55.4. The van der Waals surface area contributed by atoms with Gasteiger partial charge in [0.05, 0.1) is 17.4 Å². The van der Waals surface area contributed by atoms with Crippen LogP contribution in [0.3, 0.4) is 0 Å². The van der Waals surface area contributed by atoms with Gasteiger partial charge in [-0.05, 0) is 48.9 Å². The smallest absolute Gasteiger partial charge is 0.550 e. The number of hydrogen-bond donors (Lipinski definition) is 4. The molecule has 0 radical (unpaired) electrons. The standard InChI is InChI=1S/C20H21N5O6.2Na/c21-20-24-16-15(18(29)25-20)12(9-22-16)6-3-10-1-4-11(5-2-10)17(28)23-13(19(30)31)7-8-14(26)27;;/h1-2,4-5,9,13H,3,6-8H2,(H,23,28)(H,26,27)(H,30,31)(H4,21,22,24,25,29);;/q;2*+1/p-2/t13-;;/m1../s1. The maximum atomic E-state index is 12.2. The first-order valence-corrected chi connectivity index (χ1v) is 9.41. The van der Waals surface area contributed by atoms with Crippen molar-refractivity contribution in [1.29, 1.82) is 0 Å². The van der Waals surface area contributed by atoms with Crippen molar-refractivity contribution in [1.82, 2.24) is 20.3 Å². The van der Waals surface area contributed by atoms with Crippen LogP contribution in [0, 0.1) is 0 Å². The summed E-state index contributed by atoms with van der Waals surface area (Å²) in [5.41, 5.74) is 7.49. The molecule has 162 valence electrons. The molecule has 11 nitrogen and oxygen atoms in total. The summed E-state index contributed by atoms with van der Waals surface area (Å²) < 4.78 is 0. The van der Waals surface area contributed by atoms with Crippen LogP contribution in [0.4, 0.5) is 5.95 Å². The van der Waals surface area contributed by atoms with Crippen LogP contribution in [0.25, 0.3) is 11.0 Å². The Morgan fingerprint density at radius 2 is 1.76 bits per heavy atom. The number of aromatic amines is 2. The summed E-state index contributed by atoms with van der Waals surface area (Å²) in [5, 5.41) is 24.3. The molecule has 2 aromatic heterocycles. The van der Waals surface area contributed by atoms with E-state index in [-0.39, 0.29) is 82.6 Å². The Morgan fingerprint density at radius 3 is 2.36 bits per heavy atom. The molecule has 3 rings (SSSR count). The Kier molecular flexibility index (Phi) is 11.3. The number of rotatable bonds is 9. The maximum absolute atomic E-state index is 12.2. The number of carbonyl (C=O) groups is 3. The SMILES string of the molecule is Nc1nc2[nH]cc(CCc3ccc(C(=O)N[C@H](CCC(=O)[O-])C(=O)[O-])cc3)c2c(=O)[nH]1.[Na+].[Na+]. The average Bonchev–Trinajstić information content (AvgIpc) is 3.12. The molecule has 13 heteroatoms. The van der Waals surface area contributed by atoms with E-state index in [1.54, 1.807) is 18.3 Å². The number of fused-ring (bicyclic) bond motifs is 1. The molecule has 3 aromatic rings. The van der Waals surface area contributed by atoms with Crippen LogP contribution >= 0.6 is 0 Å². The predicted molar refractivity (Wildman–Crippen MR) is 105 cm³/mol. The van der Waals surface area contributed by atoms with Crippen LogP contribution in [0.2, 0.25) is 0 Å². The monoisotopic (exact) mass is 471 g/mol. The molecule has 1 aromatic carbocycles. The molecule has 0 aliphatic rings. The number of aliphatic carboxylic acids is 2. The number of anilines is 1. The molecule has 0 spiro atoms. The van der Waals surface area contributed by atoms with Gasteiger partial charge in [0.25, 0.3) is 11.5 Å². The predicted octanol–water partition coefficient (Wildman–Crippen LogP) is -8.00. The van der Waals surface area contributed by atoms with E-state index >= 15 is 0 Å². The normalized spacial score (nSPS) is 11.2. The Hall–Kier alpha value is -2.15. The van der Waals surface area contributed by atoms with Gasteiger partial charge in [0.1, 0.15) is 5.65 Å². The van der Waals surface area contributed by atoms with E-state index in [0.29, 0.717) is 23.9 Å². The van der Waals surface area contributed by atoms with Gasteiger partial charge in [0.15, 0.2) is 0 Å². The van der Waals surface area contributed by atoms with Gasteiger partial charge >= 0.3 is 59.1 Å². The van der Waals surface area contributed by atoms with Gasteiger partial charge in [0, 0.05) is 17.7 Å². The Labute approximate surface area is 232 Å². The van der Waals surface area contributed by atoms with Crippen LogP contribution in [-0.4, -0.2) is 38.8 Å². The van der Waals surface area contributed by atoms with E-state index < -0.39 is 30.3 Å². The van der Waals surface area contributed by atoms with Crippen LogP contribution in [0.15, 0.2) is 35.3 Å². The van der Waals surface area contributed by atoms with E-state index in [9.17, 15) is 29.4 Å². The minimum atomic E-state index is -1.57. The molecule has 5 N–H and O–H groups in total. The number of carboxylic acid groups (broad SMARTS) is 2. The Balaban J connectivity index is 0.00000272. The maximum Gasteiger partial charge on any atom is 1.00 e. The zero-order chi connectivity index (χ0) is 22.5. The quantitative estimate of drug-likeness (QED) is 0.221. The second kappa shape index (κ2) is 12.9. The Bertz CT molecular complexity index is 1190. The van der Waals surface area contributed by atoms with Crippen LogP contribution in [-0.2, 0) is 22.4 Å². The molecule has 0 saturated heterocycles. The number of benzene rings is 1. The minimum absolute atomic E-state index is 0. The van der Waals surface area contributed by atoms with Crippen molar-refractivity contribution in [3.63, 3.8) is 0 Å². The Morgan fingerprint density at radius 1 is 1.09 bits per heavy atom. The summed E-state index contributed by atoms with van der Waals surface area (Å²) in [6, 6.07) is 5.03. The average molecular weight is 471 g/mol. The largest absolute Gasteiger partial charge is 1.00 e. The number of nitrogens with one attached hydrogen (secondary N) is 3. The third-order valence-corrected chi connectivity index (χ3v) is 4.77. The van der Waals surface area contributed by atoms with Gasteiger partial charge in [-0.3, -0.25) is 14.6 Å². The first kappa shape index (κ1) is 28.9. The molecule has 1 amide bonds. The topological polar surface area (TPSA) is 197 Å². The number of nitrogens with two attached hydrogens (primary N) is 1. The molecule has 33 heavy (non-hydrogen) atoms. The number of carboxylic acids is 2. The zero-order valence-corrected chi connectivity index (χ0v) is 22.3. The second-order valence-corrected chi connectivity index (χ2v) is 6.94. The van der Waals surface area contributed by atoms with Gasteiger partial charge in [0.2, 0.25) is 5.95 Å². The number of hydrogen-bond acceptors (Lipinski definition) is 8. The van der Waals surface area contributed by atoms with Crippen molar-refractivity contribution in [2.75, 3.05) is 5.73 Å². The van der Waals surface area contributed by atoms with Crippen LogP contribution in [0.5, 0.6) is 0 Å². The van der Waals surface area contributed by atoms with E-state index in [0.717, 1.165) is 11.1 Å². The molecular weight excluding hydrogens is 452 g/mol. The van der Waals surface area contributed by atoms with Gasteiger partial charge in [-0.2, -0.15) is 4.98 Å². The van der Waals surface area contributed by atoms with Gasteiger partial charge in [-0.1, -0.05) is 12.1 Å². The number of H-pyrrole nitrogens is 2. The van der Waals surface area contributed by atoms with Gasteiger partial charge < -0.3 is 35.8 Å². The summed E-state index contributed by atoms with van der Waals surface area (Å²) >= 11 is 0.